The highest BCUT2D eigenvalue weighted by Gasteiger charge is 2.21. The van der Waals surface area contributed by atoms with Gasteiger partial charge in [-0.05, 0) is 31.7 Å². The van der Waals surface area contributed by atoms with Crippen molar-refractivity contribution >= 4 is 11.6 Å². The van der Waals surface area contributed by atoms with E-state index < -0.39 is 0 Å². The van der Waals surface area contributed by atoms with Gasteiger partial charge in [0.1, 0.15) is 0 Å². The van der Waals surface area contributed by atoms with Gasteiger partial charge in [0.05, 0.1) is 11.3 Å². The van der Waals surface area contributed by atoms with Crippen LogP contribution in [0, 0.1) is 5.92 Å². The molecule has 5 nitrogen and oxygen atoms in total. The second-order valence-electron chi connectivity index (χ2n) is 5.19. The molecule has 5 heteroatoms. The third-order valence-electron chi connectivity index (χ3n) is 3.64. The van der Waals surface area contributed by atoms with Crippen molar-refractivity contribution in [1.29, 1.82) is 0 Å². The van der Waals surface area contributed by atoms with Gasteiger partial charge in [0.2, 0.25) is 0 Å². The van der Waals surface area contributed by atoms with Gasteiger partial charge in [-0.25, -0.2) is 0 Å². The van der Waals surface area contributed by atoms with Gasteiger partial charge in [-0.2, -0.15) is 0 Å². The molecular formula is C15H23N3O2. The summed E-state index contributed by atoms with van der Waals surface area (Å²) in [6.45, 7) is 5.20. The summed E-state index contributed by atoms with van der Waals surface area (Å²) in [6.07, 6.45) is 5.41. The van der Waals surface area contributed by atoms with E-state index in [2.05, 4.69) is 10.3 Å². The van der Waals surface area contributed by atoms with Crippen LogP contribution in [-0.2, 0) is 4.74 Å². The highest BCUT2D eigenvalue weighted by atomic mass is 16.5. The molecule has 110 valence electrons. The second-order valence-corrected chi connectivity index (χ2v) is 5.19. The molecule has 2 heterocycles. The molecular weight excluding hydrogens is 254 g/mol. The first-order chi connectivity index (χ1) is 9.72. The molecule has 1 amide bonds. The number of rotatable bonds is 5. The summed E-state index contributed by atoms with van der Waals surface area (Å²) in [7, 11) is 1.86. The minimum Gasteiger partial charge on any atom is -0.385 e. The number of nitrogens with one attached hydrogen (secondary N) is 1. The number of pyridine rings is 1. The number of hydrogen-bond acceptors (Lipinski definition) is 4. The number of nitrogens with zero attached hydrogens (tertiary/aromatic N) is 2. The van der Waals surface area contributed by atoms with E-state index in [9.17, 15) is 4.79 Å². The Hall–Kier alpha value is -1.62. The van der Waals surface area contributed by atoms with Crippen molar-refractivity contribution in [3.8, 4) is 0 Å². The summed E-state index contributed by atoms with van der Waals surface area (Å²) in [5, 5.41) is 3.21. The maximum Gasteiger partial charge on any atom is 0.257 e. The Kier molecular flexibility index (Phi) is 5.35. The van der Waals surface area contributed by atoms with Gasteiger partial charge >= 0.3 is 0 Å². The van der Waals surface area contributed by atoms with Crippen LogP contribution in [0.25, 0.3) is 0 Å². The average Bonchev–Trinajstić information content (AvgIpc) is 2.48. The smallest absolute Gasteiger partial charge is 0.257 e. The Labute approximate surface area is 120 Å². The van der Waals surface area contributed by atoms with E-state index in [1.54, 1.807) is 17.3 Å². The predicted octanol–water partition coefficient (Wildman–Crippen LogP) is 2.01. The largest absolute Gasteiger partial charge is 0.385 e. The summed E-state index contributed by atoms with van der Waals surface area (Å²) in [4.78, 5) is 18.4. The van der Waals surface area contributed by atoms with Crippen LogP contribution in [0.15, 0.2) is 18.5 Å². The lowest BCUT2D eigenvalue weighted by atomic mass is 9.99. The summed E-state index contributed by atoms with van der Waals surface area (Å²) in [5.41, 5.74) is 1.50. The van der Waals surface area contributed by atoms with Gasteiger partial charge in [0, 0.05) is 45.7 Å². The zero-order valence-electron chi connectivity index (χ0n) is 12.3. The zero-order chi connectivity index (χ0) is 14.4. The highest BCUT2D eigenvalue weighted by molar-refractivity contribution is 5.99. The summed E-state index contributed by atoms with van der Waals surface area (Å²) >= 11 is 0. The standard InChI is InChI=1S/C15H23N3O2/c1-3-17-14-4-7-16-10-13(14)15(19)18(2)11-12-5-8-20-9-6-12/h4,7,10,12H,3,5-6,8-9,11H2,1-2H3,(H,16,17). The Bertz CT molecular complexity index is 444. The lowest BCUT2D eigenvalue weighted by Crippen LogP contribution is -2.34. The van der Waals surface area contributed by atoms with E-state index in [0.717, 1.165) is 44.8 Å². The second kappa shape index (κ2) is 7.24. The molecule has 0 aromatic carbocycles. The van der Waals surface area contributed by atoms with Crippen molar-refractivity contribution in [2.24, 2.45) is 5.92 Å². The molecule has 1 N–H and O–H groups in total. The first kappa shape index (κ1) is 14.8. The van der Waals surface area contributed by atoms with Crippen LogP contribution < -0.4 is 5.32 Å². The molecule has 1 aromatic heterocycles. The molecule has 0 aliphatic carbocycles. The van der Waals surface area contributed by atoms with Crippen LogP contribution in [0.4, 0.5) is 5.69 Å². The Morgan fingerprint density at radius 1 is 1.50 bits per heavy atom. The fraction of sp³-hybridized carbons (Fsp3) is 0.600. The van der Waals surface area contributed by atoms with Crippen molar-refractivity contribution < 1.29 is 9.53 Å². The Morgan fingerprint density at radius 3 is 2.95 bits per heavy atom. The van der Waals surface area contributed by atoms with Crippen molar-refractivity contribution in [3.05, 3.63) is 24.0 Å². The molecule has 1 aliphatic rings. The third-order valence-corrected chi connectivity index (χ3v) is 3.64. The fourth-order valence-electron chi connectivity index (χ4n) is 2.51. The maximum absolute atomic E-state index is 12.5. The predicted molar refractivity (Wildman–Crippen MR) is 78.9 cm³/mol. The number of ether oxygens (including phenoxy) is 1. The molecule has 20 heavy (non-hydrogen) atoms. The zero-order valence-corrected chi connectivity index (χ0v) is 12.3. The molecule has 0 radical (unpaired) electrons. The van der Waals surface area contributed by atoms with Crippen LogP contribution in [0.2, 0.25) is 0 Å². The van der Waals surface area contributed by atoms with E-state index in [-0.39, 0.29) is 5.91 Å². The third kappa shape index (κ3) is 3.70. The van der Waals surface area contributed by atoms with Gasteiger partial charge in [0.15, 0.2) is 0 Å². The van der Waals surface area contributed by atoms with Gasteiger partial charge in [-0.15, -0.1) is 0 Å². The number of amides is 1. The molecule has 1 saturated heterocycles. The van der Waals surface area contributed by atoms with Crippen LogP contribution in [0.1, 0.15) is 30.1 Å². The van der Waals surface area contributed by atoms with E-state index in [4.69, 9.17) is 4.74 Å². The topological polar surface area (TPSA) is 54.5 Å². The lowest BCUT2D eigenvalue weighted by Gasteiger charge is -2.27. The van der Waals surface area contributed by atoms with Crippen LogP contribution in [0.5, 0.6) is 0 Å². The molecule has 0 saturated carbocycles. The summed E-state index contributed by atoms with van der Waals surface area (Å²) in [5.74, 6) is 0.567. The molecule has 0 bridgehead atoms. The van der Waals surface area contributed by atoms with E-state index >= 15 is 0 Å². The van der Waals surface area contributed by atoms with E-state index in [0.29, 0.717) is 11.5 Å². The number of anilines is 1. The molecule has 0 unspecified atom stereocenters. The Morgan fingerprint density at radius 2 is 2.25 bits per heavy atom. The van der Waals surface area contributed by atoms with Gasteiger partial charge in [-0.3, -0.25) is 9.78 Å². The molecule has 1 aromatic rings. The monoisotopic (exact) mass is 277 g/mol. The number of carbonyl (C=O) groups excluding carboxylic acids is 1. The first-order valence-electron chi connectivity index (χ1n) is 7.23. The van der Waals surface area contributed by atoms with Gasteiger partial charge < -0.3 is 15.0 Å². The fourth-order valence-corrected chi connectivity index (χ4v) is 2.51. The van der Waals surface area contributed by atoms with E-state index in [1.807, 2.05) is 20.0 Å². The van der Waals surface area contributed by atoms with Crippen LogP contribution in [0.3, 0.4) is 0 Å². The first-order valence-corrected chi connectivity index (χ1v) is 7.23. The number of aromatic nitrogens is 1. The van der Waals surface area contributed by atoms with Crippen molar-refractivity contribution in [2.75, 3.05) is 38.7 Å². The SMILES string of the molecule is CCNc1ccncc1C(=O)N(C)CC1CCOCC1. The molecule has 0 spiro atoms. The van der Waals surface area contributed by atoms with E-state index in [1.165, 1.54) is 0 Å². The maximum atomic E-state index is 12.5. The lowest BCUT2D eigenvalue weighted by molar-refractivity contribution is 0.0497. The van der Waals surface area contributed by atoms with Crippen molar-refractivity contribution in [2.45, 2.75) is 19.8 Å². The van der Waals surface area contributed by atoms with Gasteiger partial charge in [0.25, 0.3) is 5.91 Å². The van der Waals surface area contributed by atoms with Crippen molar-refractivity contribution in [1.82, 2.24) is 9.88 Å². The van der Waals surface area contributed by atoms with Crippen LogP contribution >= 0.6 is 0 Å². The molecule has 0 atom stereocenters. The Balaban J connectivity index is 2.02. The molecule has 1 fully saturated rings. The van der Waals surface area contributed by atoms with Crippen molar-refractivity contribution in [3.63, 3.8) is 0 Å². The minimum atomic E-state index is 0.0283. The minimum absolute atomic E-state index is 0.0283. The molecule has 1 aliphatic heterocycles. The highest BCUT2D eigenvalue weighted by Crippen LogP contribution is 2.19. The summed E-state index contributed by atoms with van der Waals surface area (Å²) < 4.78 is 5.35. The summed E-state index contributed by atoms with van der Waals surface area (Å²) in [6, 6.07) is 1.85. The quantitative estimate of drug-likeness (QED) is 0.894. The number of carbonyl (C=O) groups is 1. The number of hydrogen-bond donors (Lipinski definition) is 1. The van der Waals surface area contributed by atoms with Crippen LogP contribution in [-0.4, -0.2) is 49.1 Å². The average molecular weight is 277 g/mol. The molecule has 2 rings (SSSR count). The van der Waals surface area contributed by atoms with Gasteiger partial charge in [-0.1, -0.05) is 0 Å². The normalized spacial score (nSPS) is 15.9.